The van der Waals surface area contributed by atoms with Crippen LogP contribution in [0.5, 0.6) is 11.5 Å². The Hall–Kier alpha value is -1.32. The van der Waals surface area contributed by atoms with Crippen LogP contribution in [0, 0.1) is 11.6 Å². The van der Waals surface area contributed by atoms with Crippen LogP contribution >= 0.6 is 23.2 Å². The molecule has 0 amide bonds. The van der Waals surface area contributed by atoms with Gasteiger partial charge in [-0.15, -0.1) is 11.6 Å². The first kappa shape index (κ1) is 13.1. The lowest BCUT2D eigenvalue weighted by Crippen LogP contribution is -1.91. The van der Waals surface area contributed by atoms with Crippen LogP contribution in [0.25, 0.3) is 0 Å². The largest absolute Gasteiger partial charge is 0.457 e. The lowest BCUT2D eigenvalue weighted by atomic mass is 10.2. The quantitative estimate of drug-likeness (QED) is 0.710. The molecule has 2 aromatic rings. The summed E-state index contributed by atoms with van der Waals surface area (Å²) in [4.78, 5) is 0. The van der Waals surface area contributed by atoms with Gasteiger partial charge in [0.25, 0.3) is 0 Å². The van der Waals surface area contributed by atoms with Crippen LogP contribution < -0.4 is 4.74 Å². The van der Waals surface area contributed by atoms with E-state index in [1.165, 1.54) is 30.3 Å². The minimum absolute atomic E-state index is 0.0130. The number of benzene rings is 2. The van der Waals surface area contributed by atoms with E-state index >= 15 is 0 Å². The second kappa shape index (κ2) is 5.55. The first-order chi connectivity index (χ1) is 8.60. The third-order valence-electron chi connectivity index (χ3n) is 2.29. The van der Waals surface area contributed by atoms with Gasteiger partial charge in [0, 0.05) is 11.6 Å². The van der Waals surface area contributed by atoms with Crippen molar-refractivity contribution in [3.63, 3.8) is 0 Å². The molecule has 0 radical (unpaired) electrons. The van der Waals surface area contributed by atoms with E-state index in [2.05, 4.69) is 0 Å². The van der Waals surface area contributed by atoms with Crippen molar-refractivity contribution in [1.29, 1.82) is 0 Å². The summed E-state index contributed by atoms with van der Waals surface area (Å²) in [5.74, 6) is -0.227. The van der Waals surface area contributed by atoms with Crippen molar-refractivity contribution in [3.8, 4) is 11.5 Å². The normalized spacial score (nSPS) is 10.4. The van der Waals surface area contributed by atoms with Gasteiger partial charge >= 0.3 is 0 Å². The second-order valence-electron chi connectivity index (χ2n) is 3.56. The van der Waals surface area contributed by atoms with Gasteiger partial charge in [-0.25, -0.2) is 8.78 Å². The smallest absolute Gasteiger partial charge is 0.145 e. The zero-order valence-electron chi connectivity index (χ0n) is 9.09. The maximum absolute atomic E-state index is 13.2. The Morgan fingerprint density at radius 1 is 1.06 bits per heavy atom. The molecular weight excluding hydrogens is 281 g/mol. The molecule has 0 atom stereocenters. The molecule has 0 saturated carbocycles. The van der Waals surface area contributed by atoms with Crippen LogP contribution in [-0.4, -0.2) is 0 Å². The molecule has 0 aliphatic heterocycles. The number of ether oxygens (including phenoxy) is 1. The Morgan fingerprint density at radius 2 is 1.83 bits per heavy atom. The third-order valence-corrected chi connectivity index (χ3v) is 2.88. The molecule has 94 valence electrons. The van der Waals surface area contributed by atoms with E-state index in [1.54, 1.807) is 0 Å². The van der Waals surface area contributed by atoms with Crippen molar-refractivity contribution in [2.75, 3.05) is 0 Å². The van der Waals surface area contributed by atoms with E-state index in [-0.39, 0.29) is 16.7 Å². The number of alkyl halides is 1. The van der Waals surface area contributed by atoms with Gasteiger partial charge in [0.1, 0.15) is 23.1 Å². The van der Waals surface area contributed by atoms with Crippen LogP contribution in [0.3, 0.4) is 0 Å². The van der Waals surface area contributed by atoms with E-state index in [1.807, 2.05) is 0 Å². The topological polar surface area (TPSA) is 9.23 Å². The second-order valence-corrected chi connectivity index (χ2v) is 4.24. The predicted molar refractivity (Wildman–Crippen MR) is 67.4 cm³/mol. The van der Waals surface area contributed by atoms with Gasteiger partial charge in [-0.3, -0.25) is 0 Å². The zero-order chi connectivity index (χ0) is 13.1. The highest BCUT2D eigenvalue weighted by Gasteiger charge is 2.07. The zero-order valence-corrected chi connectivity index (χ0v) is 10.6. The standard InChI is InChI=1S/C13H8Cl2F2O/c14-7-8-5-9(16)1-4-13(8)18-10-2-3-11(15)12(17)6-10/h1-6H,7H2. The van der Waals surface area contributed by atoms with E-state index < -0.39 is 11.6 Å². The Balaban J connectivity index is 2.30. The van der Waals surface area contributed by atoms with Crippen molar-refractivity contribution in [2.45, 2.75) is 5.88 Å². The molecule has 0 unspecified atom stereocenters. The van der Waals surface area contributed by atoms with Crippen LogP contribution in [-0.2, 0) is 5.88 Å². The van der Waals surface area contributed by atoms with E-state index in [0.717, 1.165) is 6.07 Å². The summed E-state index contributed by atoms with van der Waals surface area (Å²) in [7, 11) is 0. The molecule has 0 heterocycles. The Kier molecular flexibility index (Phi) is 4.04. The maximum atomic E-state index is 13.2. The minimum atomic E-state index is -0.580. The van der Waals surface area contributed by atoms with Gasteiger partial charge in [0.05, 0.1) is 10.9 Å². The highest BCUT2D eigenvalue weighted by Crippen LogP contribution is 2.29. The molecule has 0 bridgehead atoms. The molecule has 0 saturated heterocycles. The fourth-order valence-corrected chi connectivity index (χ4v) is 1.75. The van der Waals surface area contributed by atoms with Gasteiger partial charge in [0.2, 0.25) is 0 Å². The summed E-state index contributed by atoms with van der Waals surface area (Å²) in [5.41, 5.74) is 0.493. The molecule has 1 nitrogen and oxygen atoms in total. The van der Waals surface area contributed by atoms with Crippen LogP contribution in [0.1, 0.15) is 5.56 Å². The fraction of sp³-hybridized carbons (Fsp3) is 0.0769. The van der Waals surface area contributed by atoms with Crippen molar-refractivity contribution >= 4 is 23.2 Å². The molecule has 0 fully saturated rings. The molecule has 18 heavy (non-hydrogen) atoms. The first-order valence-electron chi connectivity index (χ1n) is 5.07. The fourth-order valence-electron chi connectivity index (χ4n) is 1.42. The number of halogens is 4. The van der Waals surface area contributed by atoms with Crippen molar-refractivity contribution in [1.82, 2.24) is 0 Å². The molecule has 0 spiro atoms. The van der Waals surface area contributed by atoms with E-state index in [0.29, 0.717) is 11.3 Å². The van der Waals surface area contributed by atoms with Gasteiger partial charge in [0.15, 0.2) is 0 Å². The SMILES string of the molecule is Fc1ccc(Oc2ccc(Cl)c(F)c2)c(CCl)c1. The number of rotatable bonds is 3. The average molecular weight is 289 g/mol. The Morgan fingerprint density at radius 3 is 2.50 bits per heavy atom. The predicted octanol–water partition coefficient (Wildman–Crippen LogP) is 5.15. The number of hydrogen-bond acceptors (Lipinski definition) is 1. The van der Waals surface area contributed by atoms with Crippen molar-refractivity contribution in [3.05, 3.63) is 58.6 Å². The summed E-state index contributed by atoms with van der Waals surface area (Å²) >= 11 is 11.2. The molecular formula is C13H8Cl2F2O. The third kappa shape index (κ3) is 2.92. The monoisotopic (exact) mass is 288 g/mol. The summed E-state index contributed by atoms with van der Waals surface area (Å²) < 4.78 is 31.7. The van der Waals surface area contributed by atoms with Gasteiger partial charge in [-0.05, 0) is 30.3 Å². The molecule has 2 aromatic carbocycles. The molecule has 0 N–H and O–H groups in total. The van der Waals surface area contributed by atoms with Crippen LogP contribution in [0.15, 0.2) is 36.4 Å². The summed E-state index contributed by atoms with van der Waals surface area (Å²) in [6, 6.07) is 8.03. The molecule has 0 aliphatic carbocycles. The molecule has 0 aromatic heterocycles. The summed E-state index contributed by atoms with van der Waals surface area (Å²) in [5, 5.41) is 0.0130. The lowest BCUT2D eigenvalue weighted by molar-refractivity contribution is 0.470. The van der Waals surface area contributed by atoms with E-state index in [9.17, 15) is 8.78 Å². The minimum Gasteiger partial charge on any atom is -0.457 e. The van der Waals surface area contributed by atoms with Crippen molar-refractivity contribution < 1.29 is 13.5 Å². The Bertz CT molecular complexity index is 573. The van der Waals surface area contributed by atoms with Crippen LogP contribution in [0.2, 0.25) is 5.02 Å². The number of hydrogen-bond donors (Lipinski definition) is 0. The van der Waals surface area contributed by atoms with Gasteiger partial charge in [-0.2, -0.15) is 0 Å². The summed E-state index contributed by atoms with van der Waals surface area (Å²) in [6.07, 6.45) is 0. The highest BCUT2D eigenvalue weighted by molar-refractivity contribution is 6.30. The Labute approximate surface area is 113 Å². The van der Waals surface area contributed by atoms with Gasteiger partial charge < -0.3 is 4.74 Å². The molecule has 0 aliphatic rings. The average Bonchev–Trinajstić information content (AvgIpc) is 2.36. The van der Waals surface area contributed by atoms with Crippen molar-refractivity contribution in [2.24, 2.45) is 0 Å². The van der Waals surface area contributed by atoms with Crippen LogP contribution in [0.4, 0.5) is 8.78 Å². The first-order valence-corrected chi connectivity index (χ1v) is 5.98. The molecule has 5 heteroatoms. The van der Waals surface area contributed by atoms with E-state index in [4.69, 9.17) is 27.9 Å². The van der Waals surface area contributed by atoms with Gasteiger partial charge in [-0.1, -0.05) is 11.6 Å². The maximum Gasteiger partial charge on any atom is 0.145 e. The summed E-state index contributed by atoms with van der Waals surface area (Å²) in [6.45, 7) is 0. The molecule has 2 rings (SSSR count). The highest BCUT2D eigenvalue weighted by atomic mass is 35.5. The lowest BCUT2D eigenvalue weighted by Gasteiger charge is -2.10.